The van der Waals surface area contributed by atoms with Crippen LogP contribution in [0.1, 0.15) is 5.56 Å². The maximum atomic E-state index is 13.4. The van der Waals surface area contributed by atoms with Gasteiger partial charge in [0.25, 0.3) is 0 Å². The van der Waals surface area contributed by atoms with Gasteiger partial charge in [0.1, 0.15) is 17.3 Å². The summed E-state index contributed by atoms with van der Waals surface area (Å²) in [5.74, 6) is 0.669. The highest BCUT2D eigenvalue weighted by molar-refractivity contribution is 6.31. The van der Waals surface area contributed by atoms with Gasteiger partial charge >= 0.3 is 0 Å². The van der Waals surface area contributed by atoms with E-state index in [4.69, 9.17) is 27.9 Å². The molecule has 100 valence electrons. The molecule has 2 nitrogen and oxygen atoms in total. The molecule has 0 aliphatic heterocycles. The Morgan fingerprint density at radius 2 is 1.84 bits per heavy atom. The van der Waals surface area contributed by atoms with Crippen molar-refractivity contribution in [1.29, 1.82) is 0 Å². The van der Waals surface area contributed by atoms with Crippen molar-refractivity contribution in [3.8, 4) is 11.5 Å². The Hall–Kier alpha value is -1.29. The number of nitrogens with one attached hydrogen (secondary N) is 1. The summed E-state index contributed by atoms with van der Waals surface area (Å²) >= 11 is 11.6. The lowest BCUT2D eigenvalue weighted by Gasteiger charge is -2.12. The van der Waals surface area contributed by atoms with Crippen molar-refractivity contribution >= 4 is 23.2 Å². The predicted octanol–water partition coefficient (Wildman–Crippen LogP) is 4.64. The van der Waals surface area contributed by atoms with E-state index in [2.05, 4.69) is 5.32 Å². The molecular weight excluding hydrogens is 288 g/mol. The summed E-state index contributed by atoms with van der Waals surface area (Å²) in [5, 5.41) is 3.61. The van der Waals surface area contributed by atoms with E-state index in [-0.39, 0.29) is 5.02 Å². The Bertz CT molecular complexity index is 572. The second kappa shape index (κ2) is 6.24. The largest absolute Gasteiger partial charge is 0.457 e. The van der Waals surface area contributed by atoms with Crippen LogP contribution >= 0.6 is 23.2 Å². The maximum Gasteiger partial charge on any atom is 0.142 e. The maximum absolute atomic E-state index is 13.4. The molecule has 0 bridgehead atoms. The minimum Gasteiger partial charge on any atom is -0.457 e. The summed E-state index contributed by atoms with van der Waals surface area (Å²) in [6.07, 6.45) is 0. The summed E-state index contributed by atoms with van der Waals surface area (Å²) < 4.78 is 19.1. The molecule has 0 radical (unpaired) electrons. The minimum atomic E-state index is -0.463. The molecule has 19 heavy (non-hydrogen) atoms. The van der Waals surface area contributed by atoms with Crippen LogP contribution in [0.2, 0.25) is 10.0 Å². The molecule has 0 heterocycles. The number of hydrogen-bond donors (Lipinski definition) is 1. The van der Waals surface area contributed by atoms with Crippen LogP contribution in [0.15, 0.2) is 36.4 Å². The quantitative estimate of drug-likeness (QED) is 0.888. The van der Waals surface area contributed by atoms with Gasteiger partial charge < -0.3 is 10.1 Å². The number of benzene rings is 2. The first-order valence-electron chi connectivity index (χ1n) is 5.66. The third kappa shape index (κ3) is 3.60. The van der Waals surface area contributed by atoms with Gasteiger partial charge in [-0.2, -0.15) is 0 Å². The molecule has 0 unspecified atom stereocenters. The third-order valence-electron chi connectivity index (χ3n) is 2.51. The summed E-state index contributed by atoms with van der Waals surface area (Å²) in [6.45, 7) is 0.483. The van der Waals surface area contributed by atoms with Crippen molar-refractivity contribution in [1.82, 2.24) is 5.32 Å². The van der Waals surface area contributed by atoms with Gasteiger partial charge in [-0.3, -0.25) is 0 Å². The van der Waals surface area contributed by atoms with Gasteiger partial charge in [-0.1, -0.05) is 23.2 Å². The van der Waals surface area contributed by atoms with Crippen LogP contribution in [0.25, 0.3) is 0 Å². The van der Waals surface area contributed by atoms with Crippen LogP contribution in [0, 0.1) is 5.82 Å². The summed E-state index contributed by atoms with van der Waals surface area (Å²) in [6, 6.07) is 9.76. The molecule has 0 atom stereocenters. The lowest BCUT2D eigenvalue weighted by Crippen LogP contribution is -2.07. The van der Waals surface area contributed by atoms with E-state index in [0.29, 0.717) is 28.6 Å². The molecule has 2 aromatic carbocycles. The van der Waals surface area contributed by atoms with Crippen LogP contribution in [-0.4, -0.2) is 7.05 Å². The van der Waals surface area contributed by atoms with E-state index in [0.717, 1.165) is 0 Å². The van der Waals surface area contributed by atoms with E-state index >= 15 is 0 Å². The second-order valence-corrected chi connectivity index (χ2v) is 4.80. The van der Waals surface area contributed by atoms with E-state index in [1.54, 1.807) is 31.3 Å². The molecule has 0 aromatic heterocycles. The highest BCUT2D eigenvalue weighted by atomic mass is 35.5. The molecule has 0 saturated carbocycles. The zero-order valence-electron chi connectivity index (χ0n) is 10.2. The minimum absolute atomic E-state index is 0.0313. The number of halogens is 3. The van der Waals surface area contributed by atoms with Crippen molar-refractivity contribution < 1.29 is 9.13 Å². The van der Waals surface area contributed by atoms with Crippen LogP contribution < -0.4 is 10.1 Å². The Morgan fingerprint density at radius 1 is 1.16 bits per heavy atom. The zero-order chi connectivity index (χ0) is 13.8. The highest BCUT2D eigenvalue weighted by Crippen LogP contribution is 2.30. The molecule has 2 rings (SSSR count). The summed E-state index contributed by atoms with van der Waals surface area (Å²) in [5.41, 5.74) is 0.694. The van der Waals surface area contributed by atoms with Crippen molar-refractivity contribution in [3.05, 3.63) is 57.8 Å². The van der Waals surface area contributed by atoms with Crippen LogP contribution in [0.3, 0.4) is 0 Å². The zero-order valence-corrected chi connectivity index (χ0v) is 11.7. The number of ether oxygens (including phenoxy) is 1. The second-order valence-electron chi connectivity index (χ2n) is 3.96. The number of rotatable bonds is 4. The molecule has 0 spiro atoms. The van der Waals surface area contributed by atoms with Crippen molar-refractivity contribution in [2.24, 2.45) is 0 Å². The predicted molar refractivity (Wildman–Crippen MR) is 75.7 cm³/mol. The fourth-order valence-corrected chi connectivity index (χ4v) is 1.90. The molecule has 5 heteroatoms. The SMILES string of the molecule is CNCc1cc(F)c(Cl)cc1Oc1ccc(Cl)cc1. The standard InChI is InChI=1S/C14H12Cl2FNO/c1-18-8-9-6-13(17)12(16)7-14(9)19-11-4-2-10(15)3-5-11/h2-7,18H,8H2,1H3. The van der Waals surface area contributed by atoms with E-state index in [1.165, 1.54) is 12.1 Å². The Balaban J connectivity index is 2.32. The summed E-state index contributed by atoms with van der Waals surface area (Å²) in [4.78, 5) is 0. The third-order valence-corrected chi connectivity index (χ3v) is 3.05. The fourth-order valence-electron chi connectivity index (χ4n) is 1.62. The lowest BCUT2D eigenvalue weighted by molar-refractivity contribution is 0.471. The van der Waals surface area contributed by atoms with Gasteiger partial charge in [0, 0.05) is 23.2 Å². The molecule has 0 fully saturated rings. The van der Waals surface area contributed by atoms with Crippen LogP contribution in [0.4, 0.5) is 4.39 Å². The van der Waals surface area contributed by atoms with Gasteiger partial charge in [0.15, 0.2) is 0 Å². The lowest BCUT2D eigenvalue weighted by atomic mass is 10.2. The Labute approximate surface area is 121 Å². The van der Waals surface area contributed by atoms with Crippen molar-refractivity contribution in [2.75, 3.05) is 7.05 Å². The topological polar surface area (TPSA) is 21.3 Å². The van der Waals surface area contributed by atoms with E-state index in [1.807, 2.05) is 0 Å². The van der Waals surface area contributed by atoms with Gasteiger partial charge in [-0.15, -0.1) is 0 Å². The molecule has 1 N–H and O–H groups in total. The summed E-state index contributed by atoms with van der Waals surface area (Å²) in [7, 11) is 1.78. The normalized spacial score (nSPS) is 10.5. The average molecular weight is 300 g/mol. The Kier molecular flexibility index (Phi) is 4.64. The van der Waals surface area contributed by atoms with E-state index < -0.39 is 5.82 Å². The van der Waals surface area contributed by atoms with Crippen LogP contribution in [-0.2, 0) is 6.54 Å². The number of hydrogen-bond acceptors (Lipinski definition) is 2. The Morgan fingerprint density at radius 3 is 2.47 bits per heavy atom. The smallest absolute Gasteiger partial charge is 0.142 e. The van der Waals surface area contributed by atoms with Crippen LogP contribution in [0.5, 0.6) is 11.5 Å². The average Bonchev–Trinajstić information content (AvgIpc) is 2.38. The monoisotopic (exact) mass is 299 g/mol. The molecule has 0 amide bonds. The molecular formula is C14H12Cl2FNO. The first-order chi connectivity index (χ1) is 9.10. The van der Waals surface area contributed by atoms with Gasteiger partial charge in [-0.25, -0.2) is 4.39 Å². The van der Waals surface area contributed by atoms with Gasteiger partial charge in [-0.05, 0) is 37.4 Å². The van der Waals surface area contributed by atoms with Crippen molar-refractivity contribution in [3.63, 3.8) is 0 Å². The molecule has 0 aliphatic carbocycles. The molecule has 0 saturated heterocycles. The highest BCUT2D eigenvalue weighted by Gasteiger charge is 2.10. The molecule has 0 aliphatic rings. The van der Waals surface area contributed by atoms with Gasteiger partial charge in [0.05, 0.1) is 5.02 Å². The first kappa shape index (κ1) is 14.1. The first-order valence-corrected chi connectivity index (χ1v) is 6.41. The van der Waals surface area contributed by atoms with Crippen molar-refractivity contribution in [2.45, 2.75) is 6.54 Å². The van der Waals surface area contributed by atoms with Gasteiger partial charge in [0.2, 0.25) is 0 Å². The molecule has 2 aromatic rings. The van der Waals surface area contributed by atoms with E-state index in [9.17, 15) is 4.39 Å². The fraction of sp³-hybridized carbons (Fsp3) is 0.143.